The number of halogens is 2. The van der Waals surface area contributed by atoms with Gasteiger partial charge in [0.2, 0.25) is 0 Å². The van der Waals surface area contributed by atoms with Gasteiger partial charge in [0.05, 0.1) is 7.11 Å². The fourth-order valence-electron chi connectivity index (χ4n) is 3.65. The normalized spacial score (nSPS) is 10.9. The topological polar surface area (TPSA) is 80.6 Å². The zero-order chi connectivity index (χ0) is 27.6. The Morgan fingerprint density at radius 1 is 0.821 bits per heavy atom. The van der Waals surface area contributed by atoms with Crippen LogP contribution in [0.15, 0.2) is 96.6 Å². The van der Waals surface area contributed by atoms with Crippen LogP contribution in [0.4, 0.5) is 5.69 Å². The van der Waals surface area contributed by atoms with Gasteiger partial charge >= 0.3 is 0 Å². The number of benzene rings is 4. The summed E-state index contributed by atoms with van der Waals surface area (Å²) in [5.74, 6) is 1.06. The molecule has 39 heavy (non-hydrogen) atoms. The van der Waals surface area contributed by atoms with Gasteiger partial charge in [-0.2, -0.15) is 5.26 Å². The highest BCUT2D eigenvalue weighted by Crippen LogP contribution is 2.31. The summed E-state index contributed by atoms with van der Waals surface area (Å²) in [7, 11) is 1.58. The second kappa shape index (κ2) is 13.4. The zero-order valence-corrected chi connectivity index (χ0v) is 22.5. The molecule has 1 N–H and O–H groups in total. The number of ether oxygens (including phenoxy) is 3. The Morgan fingerprint density at radius 2 is 1.54 bits per heavy atom. The number of rotatable bonds is 10. The molecule has 0 saturated carbocycles. The minimum Gasteiger partial charge on any atom is -0.493 e. The fourth-order valence-corrected chi connectivity index (χ4v) is 4.02. The summed E-state index contributed by atoms with van der Waals surface area (Å²) in [5.41, 5.74) is 2.72. The lowest BCUT2D eigenvalue weighted by atomic mass is 10.1. The van der Waals surface area contributed by atoms with Crippen LogP contribution in [0.1, 0.15) is 16.7 Å². The molecule has 0 spiro atoms. The van der Waals surface area contributed by atoms with E-state index in [4.69, 9.17) is 37.4 Å². The second-order valence-corrected chi connectivity index (χ2v) is 9.24. The van der Waals surface area contributed by atoms with Gasteiger partial charge < -0.3 is 19.5 Å². The van der Waals surface area contributed by atoms with Crippen LogP contribution in [0.2, 0.25) is 10.0 Å². The molecule has 0 saturated heterocycles. The van der Waals surface area contributed by atoms with Gasteiger partial charge in [0.1, 0.15) is 30.6 Å². The average Bonchev–Trinajstić information content (AvgIpc) is 2.95. The van der Waals surface area contributed by atoms with Crippen molar-refractivity contribution < 1.29 is 19.0 Å². The lowest BCUT2D eigenvalue weighted by Gasteiger charge is -2.14. The largest absolute Gasteiger partial charge is 0.493 e. The number of nitriles is 1. The molecule has 0 heterocycles. The Morgan fingerprint density at radius 3 is 2.28 bits per heavy atom. The number of nitrogens with zero attached hydrogens (tertiary/aromatic N) is 1. The Balaban J connectivity index is 1.48. The van der Waals surface area contributed by atoms with E-state index in [0.29, 0.717) is 45.2 Å². The van der Waals surface area contributed by atoms with E-state index in [1.165, 1.54) is 6.08 Å². The standard InChI is InChI=1S/C31H24Cl2N2O4/c1-37-30-14-22(10-12-29(30)39-19-21-6-3-2-4-7-21)20-38-28-13-11-26(33)16-23(28)15-24(18-34)31(36)35-27-9-5-8-25(32)17-27/h2-17H,19-20H2,1H3,(H,35,36)/b24-15-. The van der Waals surface area contributed by atoms with E-state index in [-0.39, 0.29) is 12.2 Å². The average molecular weight is 559 g/mol. The number of hydrogen-bond donors (Lipinski definition) is 1. The predicted molar refractivity (Wildman–Crippen MR) is 153 cm³/mol. The van der Waals surface area contributed by atoms with Crippen LogP contribution in [0.3, 0.4) is 0 Å². The first-order valence-electron chi connectivity index (χ1n) is 11.9. The van der Waals surface area contributed by atoms with Crippen molar-refractivity contribution in [3.05, 3.63) is 123 Å². The number of methoxy groups -OCH3 is 1. The van der Waals surface area contributed by atoms with E-state index in [0.717, 1.165) is 11.1 Å². The first kappa shape index (κ1) is 27.6. The molecule has 0 aliphatic rings. The molecular formula is C31H24Cl2N2O4. The Labute approximate surface area is 237 Å². The molecule has 0 aliphatic heterocycles. The van der Waals surface area contributed by atoms with E-state index in [2.05, 4.69) is 5.32 Å². The van der Waals surface area contributed by atoms with Crippen LogP contribution in [0, 0.1) is 11.3 Å². The Bertz CT molecular complexity index is 1530. The van der Waals surface area contributed by atoms with Crippen molar-refractivity contribution in [1.82, 2.24) is 0 Å². The molecule has 0 unspecified atom stereocenters. The number of amides is 1. The highest BCUT2D eigenvalue weighted by atomic mass is 35.5. The van der Waals surface area contributed by atoms with Gasteiger partial charge in [0.15, 0.2) is 11.5 Å². The monoisotopic (exact) mass is 558 g/mol. The minimum atomic E-state index is -0.582. The highest BCUT2D eigenvalue weighted by Gasteiger charge is 2.13. The molecule has 0 radical (unpaired) electrons. The number of anilines is 1. The van der Waals surface area contributed by atoms with Gasteiger partial charge in [-0.15, -0.1) is 0 Å². The van der Waals surface area contributed by atoms with Crippen LogP contribution in [-0.2, 0) is 18.0 Å². The molecule has 4 aromatic rings. The SMILES string of the molecule is COc1cc(COc2ccc(Cl)cc2/C=C(/C#N)C(=O)Nc2cccc(Cl)c2)ccc1OCc1ccccc1. The lowest BCUT2D eigenvalue weighted by molar-refractivity contribution is -0.112. The summed E-state index contributed by atoms with van der Waals surface area (Å²) in [6.45, 7) is 0.619. The quantitative estimate of drug-likeness (QED) is 0.159. The molecule has 196 valence electrons. The van der Waals surface area contributed by atoms with Crippen LogP contribution < -0.4 is 19.5 Å². The van der Waals surface area contributed by atoms with Crippen molar-refractivity contribution in [3.8, 4) is 23.3 Å². The van der Waals surface area contributed by atoms with Gasteiger partial charge in [-0.3, -0.25) is 4.79 Å². The Hall–Kier alpha value is -4.44. The molecule has 0 aliphatic carbocycles. The first-order valence-corrected chi connectivity index (χ1v) is 12.7. The van der Waals surface area contributed by atoms with Gasteiger partial charge in [-0.05, 0) is 65.7 Å². The molecule has 1 amide bonds. The third-order valence-corrected chi connectivity index (χ3v) is 6.05. The molecule has 0 bridgehead atoms. The predicted octanol–water partition coefficient (Wildman–Crippen LogP) is 7.71. The third kappa shape index (κ3) is 7.78. The number of nitrogens with one attached hydrogen (secondary N) is 1. The second-order valence-electron chi connectivity index (χ2n) is 8.36. The molecule has 6 nitrogen and oxygen atoms in total. The molecule has 4 aromatic carbocycles. The van der Waals surface area contributed by atoms with Crippen molar-refractivity contribution in [2.24, 2.45) is 0 Å². The van der Waals surface area contributed by atoms with Crippen molar-refractivity contribution in [2.75, 3.05) is 12.4 Å². The number of carbonyl (C=O) groups is 1. The van der Waals surface area contributed by atoms with Crippen LogP contribution in [-0.4, -0.2) is 13.0 Å². The zero-order valence-electron chi connectivity index (χ0n) is 21.0. The van der Waals surface area contributed by atoms with E-state index >= 15 is 0 Å². The molecule has 0 aromatic heterocycles. The fraction of sp³-hybridized carbons (Fsp3) is 0.0968. The van der Waals surface area contributed by atoms with Gasteiger partial charge in [-0.1, -0.05) is 65.7 Å². The van der Waals surface area contributed by atoms with E-state index < -0.39 is 5.91 Å². The highest BCUT2D eigenvalue weighted by molar-refractivity contribution is 6.31. The summed E-state index contributed by atoms with van der Waals surface area (Å²) >= 11 is 12.2. The summed E-state index contributed by atoms with van der Waals surface area (Å²) in [6.07, 6.45) is 1.43. The maximum absolute atomic E-state index is 12.7. The van der Waals surface area contributed by atoms with E-state index in [1.807, 2.05) is 54.6 Å². The molecule has 4 rings (SSSR count). The van der Waals surface area contributed by atoms with Crippen molar-refractivity contribution in [3.63, 3.8) is 0 Å². The van der Waals surface area contributed by atoms with E-state index in [9.17, 15) is 10.1 Å². The molecular weight excluding hydrogens is 535 g/mol. The van der Waals surface area contributed by atoms with Crippen molar-refractivity contribution in [1.29, 1.82) is 5.26 Å². The van der Waals surface area contributed by atoms with E-state index in [1.54, 1.807) is 49.6 Å². The van der Waals surface area contributed by atoms with Gasteiger partial charge in [0, 0.05) is 21.3 Å². The van der Waals surface area contributed by atoms with Gasteiger partial charge in [-0.25, -0.2) is 0 Å². The summed E-state index contributed by atoms with van der Waals surface area (Å²) < 4.78 is 17.5. The van der Waals surface area contributed by atoms with Crippen LogP contribution in [0.25, 0.3) is 6.08 Å². The Kier molecular flexibility index (Phi) is 9.47. The van der Waals surface area contributed by atoms with Gasteiger partial charge in [0.25, 0.3) is 5.91 Å². The summed E-state index contributed by atoms with van der Waals surface area (Å²) in [4.78, 5) is 12.7. The summed E-state index contributed by atoms with van der Waals surface area (Å²) in [6, 6.07) is 29.0. The van der Waals surface area contributed by atoms with Crippen molar-refractivity contribution >= 4 is 40.9 Å². The minimum absolute atomic E-state index is 0.122. The first-order chi connectivity index (χ1) is 18.9. The maximum Gasteiger partial charge on any atom is 0.266 e. The smallest absolute Gasteiger partial charge is 0.266 e. The molecule has 8 heteroatoms. The lowest BCUT2D eigenvalue weighted by Crippen LogP contribution is -2.13. The van der Waals surface area contributed by atoms with Crippen LogP contribution in [0.5, 0.6) is 17.2 Å². The maximum atomic E-state index is 12.7. The third-order valence-electron chi connectivity index (χ3n) is 5.58. The molecule has 0 atom stereocenters. The van der Waals surface area contributed by atoms with Crippen LogP contribution >= 0.6 is 23.2 Å². The summed E-state index contributed by atoms with van der Waals surface area (Å²) in [5, 5.41) is 13.2. The van der Waals surface area contributed by atoms with Crippen molar-refractivity contribution in [2.45, 2.75) is 13.2 Å². The number of carbonyl (C=O) groups excluding carboxylic acids is 1. The molecule has 0 fully saturated rings. The number of hydrogen-bond acceptors (Lipinski definition) is 5.